The second-order valence-corrected chi connectivity index (χ2v) is 14.5. The van der Waals surface area contributed by atoms with Crippen molar-refractivity contribution in [3.8, 4) is 22.4 Å². The summed E-state index contributed by atoms with van der Waals surface area (Å²) in [6, 6.07) is 23.8. The molecular formula is C25H22N2SSi. The van der Waals surface area contributed by atoms with Crippen LogP contribution in [0.5, 0.6) is 0 Å². The van der Waals surface area contributed by atoms with Gasteiger partial charge in [-0.1, -0.05) is 56.0 Å². The Labute approximate surface area is 175 Å². The Hall–Kier alpha value is -2.82. The highest BCUT2D eigenvalue weighted by Gasteiger charge is 2.22. The summed E-state index contributed by atoms with van der Waals surface area (Å²) in [6.45, 7) is 7.14. The van der Waals surface area contributed by atoms with Crippen LogP contribution in [0, 0.1) is 0 Å². The monoisotopic (exact) mass is 410 g/mol. The van der Waals surface area contributed by atoms with E-state index in [1.807, 2.05) is 12.3 Å². The molecule has 5 rings (SSSR count). The van der Waals surface area contributed by atoms with Gasteiger partial charge in [-0.2, -0.15) is 0 Å². The van der Waals surface area contributed by atoms with Gasteiger partial charge in [-0.25, -0.2) is 4.98 Å². The molecule has 142 valence electrons. The molecule has 0 bridgehead atoms. The maximum Gasteiger partial charge on any atom is 0.124 e. The molecule has 2 nitrogen and oxygen atoms in total. The van der Waals surface area contributed by atoms with E-state index in [0.29, 0.717) is 0 Å². The first-order valence-corrected chi connectivity index (χ1v) is 14.2. The third-order valence-corrected chi connectivity index (χ3v) is 8.45. The Morgan fingerprint density at radius 1 is 0.759 bits per heavy atom. The highest BCUT2D eigenvalue weighted by atomic mass is 32.1. The first kappa shape index (κ1) is 18.2. The molecule has 0 atom stereocenters. The molecule has 0 aliphatic rings. The van der Waals surface area contributed by atoms with Crippen LogP contribution in [0.4, 0.5) is 0 Å². The van der Waals surface area contributed by atoms with E-state index >= 15 is 0 Å². The number of aromatic nitrogens is 2. The van der Waals surface area contributed by atoms with Crippen LogP contribution < -0.4 is 5.19 Å². The van der Waals surface area contributed by atoms with E-state index in [4.69, 9.17) is 4.98 Å². The molecule has 0 N–H and O–H groups in total. The van der Waals surface area contributed by atoms with Gasteiger partial charge in [0.05, 0.1) is 13.8 Å². The average molecular weight is 411 g/mol. The maximum atomic E-state index is 4.90. The molecule has 0 radical (unpaired) electrons. The molecule has 3 aromatic heterocycles. The predicted octanol–water partition coefficient (Wildman–Crippen LogP) is 6.72. The summed E-state index contributed by atoms with van der Waals surface area (Å²) < 4.78 is 1.27. The fourth-order valence-corrected chi connectivity index (χ4v) is 6.34. The average Bonchev–Trinajstić information content (AvgIpc) is 3.11. The summed E-state index contributed by atoms with van der Waals surface area (Å²) in [4.78, 5) is 10.5. The van der Waals surface area contributed by atoms with Crippen molar-refractivity contribution in [1.29, 1.82) is 0 Å². The minimum atomic E-state index is -1.52. The lowest BCUT2D eigenvalue weighted by atomic mass is 10.0. The zero-order valence-electron chi connectivity index (χ0n) is 16.8. The number of hydrogen-bond acceptors (Lipinski definition) is 3. The molecule has 0 aliphatic heterocycles. The molecule has 0 amide bonds. The molecule has 4 heteroatoms. The molecule has 29 heavy (non-hydrogen) atoms. The second kappa shape index (κ2) is 6.90. The SMILES string of the molecule is C[Si](C)(C)c1cnc(-c2ccc3sc4ncccc4c3c2)cc1-c1ccccc1. The van der Waals surface area contributed by atoms with Gasteiger partial charge in [-0.15, -0.1) is 11.3 Å². The van der Waals surface area contributed by atoms with Crippen molar-refractivity contribution < 1.29 is 0 Å². The molecule has 0 fully saturated rings. The molecule has 0 saturated heterocycles. The van der Waals surface area contributed by atoms with Gasteiger partial charge in [0.25, 0.3) is 0 Å². The van der Waals surface area contributed by atoms with Gasteiger partial charge in [0.2, 0.25) is 0 Å². The Balaban J connectivity index is 1.71. The molecule has 0 spiro atoms. The lowest BCUT2D eigenvalue weighted by Gasteiger charge is -2.21. The lowest BCUT2D eigenvalue weighted by molar-refractivity contribution is 1.34. The molecule has 5 aromatic rings. The summed E-state index contributed by atoms with van der Waals surface area (Å²) in [5.41, 5.74) is 4.75. The normalized spacial score (nSPS) is 12.0. The lowest BCUT2D eigenvalue weighted by Crippen LogP contribution is -2.39. The van der Waals surface area contributed by atoms with Gasteiger partial charge < -0.3 is 0 Å². The van der Waals surface area contributed by atoms with Gasteiger partial charge >= 0.3 is 0 Å². The molecule has 0 aliphatic carbocycles. The number of nitrogens with zero attached hydrogens (tertiary/aromatic N) is 2. The number of thiophene rings is 1. The fraction of sp³-hybridized carbons (Fsp3) is 0.120. The topological polar surface area (TPSA) is 25.8 Å². The van der Waals surface area contributed by atoms with Crippen molar-refractivity contribution in [1.82, 2.24) is 9.97 Å². The van der Waals surface area contributed by atoms with E-state index in [9.17, 15) is 0 Å². The third kappa shape index (κ3) is 3.28. The van der Waals surface area contributed by atoms with Crippen molar-refractivity contribution in [2.45, 2.75) is 19.6 Å². The Morgan fingerprint density at radius 2 is 1.59 bits per heavy atom. The molecular weight excluding hydrogens is 388 g/mol. The third-order valence-electron chi connectivity index (χ3n) is 5.34. The van der Waals surface area contributed by atoms with Crippen LogP contribution in [0.3, 0.4) is 0 Å². The molecule has 2 aromatic carbocycles. The first-order chi connectivity index (χ1) is 14.0. The quantitative estimate of drug-likeness (QED) is 0.308. The molecule has 0 saturated carbocycles. The highest BCUT2D eigenvalue weighted by Crippen LogP contribution is 2.35. The predicted molar refractivity (Wildman–Crippen MR) is 129 cm³/mol. The number of fused-ring (bicyclic) bond motifs is 3. The number of rotatable bonds is 3. The van der Waals surface area contributed by atoms with Gasteiger partial charge in [0.1, 0.15) is 4.83 Å². The zero-order chi connectivity index (χ0) is 20.0. The summed E-state index contributed by atoms with van der Waals surface area (Å²) in [5, 5.41) is 3.88. The number of benzene rings is 2. The van der Waals surface area contributed by atoms with Crippen LogP contribution in [0.2, 0.25) is 19.6 Å². The van der Waals surface area contributed by atoms with Gasteiger partial charge in [0.15, 0.2) is 0 Å². The van der Waals surface area contributed by atoms with Crippen LogP contribution in [0.25, 0.3) is 42.7 Å². The fourth-order valence-electron chi connectivity index (χ4n) is 3.84. The van der Waals surface area contributed by atoms with Crippen molar-refractivity contribution in [3.05, 3.63) is 79.1 Å². The van der Waals surface area contributed by atoms with E-state index in [1.54, 1.807) is 11.3 Å². The second-order valence-electron chi connectivity index (χ2n) is 8.40. The Morgan fingerprint density at radius 3 is 2.38 bits per heavy atom. The highest BCUT2D eigenvalue weighted by molar-refractivity contribution is 7.25. The molecule has 0 unspecified atom stereocenters. The van der Waals surface area contributed by atoms with Crippen LogP contribution >= 0.6 is 11.3 Å². The van der Waals surface area contributed by atoms with E-state index in [-0.39, 0.29) is 0 Å². The van der Waals surface area contributed by atoms with Crippen molar-refractivity contribution in [2.24, 2.45) is 0 Å². The summed E-state index contributed by atoms with van der Waals surface area (Å²) in [7, 11) is -1.52. The first-order valence-electron chi connectivity index (χ1n) is 9.84. The van der Waals surface area contributed by atoms with E-state index < -0.39 is 8.07 Å². The standard InChI is InChI=1S/C25H22N2SSi/c1-29(2,3)24-16-27-22(15-20(24)17-8-5-4-6-9-17)18-11-12-23-21(14-18)19-10-7-13-26-25(19)28-23/h4-16H,1-3H3. The summed E-state index contributed by atoms with van der Waals surface area (Å²) in [5.74, 6) is 0. The van der Waals surface area contributed by atoms with Crippen molar-refractivity contribution in [2.75, 3.05) is 0 Å². The minimum Gasteiger partial charge on any atom is -0.256 e. The molecule has 3 heterocycles. The van der Waals surface area contributed by atoms with E-state index in [1.165, 1.54) is 31.8 Å². The Bertz CT molecular complexity index is 1330. The zero-order valence-corrected chi connectivity index (χ0v) is 18.6. The van der Waals surface area contributed by atoms with Crippen LogP contribution in [-0.2, 0) is 0 Å². The van der Waals surface area contributed by atoms with Crippen LogP contribution in [0.15, 0.2) is 79.1 Å². The van der Waals surface area contributed by atoms with Crippen molar-refractivity contribution >= 4 is 44.9 Å². The largest absolute Gasteiger partial charge is 0.256 e. The number of hydrogen-bond donors (Lipinski definition) is 0. The van der Waals surface area contributed by atoms with Crippen molar-refractivity contribution in [3.63, 3.8) is 0 Å². The summed E-state index contributed by atoms with van der Waals surface area (Å²) >= 11 is 1.75. The van der Waals surface area contributed by atoms with Crippen LogP contribution in [0.1, 0.15) is 0 Å². The summed E-state index contributed by atoms with van der Waals surface area (Å²) in [6.07, 6.45) is 3.97. The minimum absolute atomic E-state index is 1.02. The number of pyridine rings is 2. The van der Waals surface area contributed by atoms with E-state index in [0.717, 1.165) is 16.1 Å². The maximum absolute atomic E-state index is 4.90. The van der Waals surface area contributed by atoms with Gasteiger partial charge in [0, 0.05) is 33.4 Å². The smallest absolute Gasteiger partial charge is 0.124 e. The van der Waals surface area contributed by atoms with Crippen LogP contribution in [-0.4, -0.2) is 18.0 Å². The van der Waals surface area contributed by atoms with Gasteiger partial charge in [-0.3, -0.25) is 4.98 Å². The van der Waals surface area contributed by atoms with E-state index in [2.05, 4.69) is 91.5 Å². The Kier molecular flexibility index (Phi) is 4.34. The van der Waals surface area contributed by atoms with Gasteiger partial charge in [-0.05, 0) is 46.6 Å².